The van der Waals surface area contributed by atoms with Gasteiger partial charge >= 0.3 is 5.69 Å². The van der Waals surface area contributed by atoms with Gasteiger partial charge in [0, 0.05) is 32.4 Å². The van der Waals surface area contributed by atoms with E-state index in [4.69, 9.17) is 0 Å². The van der Waals surface area contributed by atoms with Crippen molar-refractivity contribution in [1.29, 1.82) is 0 Å². The number of fused-ring (bicyclic) bond motifs is 1. The van der Waals surface area contributed by atoms with E-state index >= 15 is 0 Å². The molecule has 0 spiro atoms. The van der Waals surface area contributed by atoms with Crippen LogP contribution >= 0.6 is 0 Å². The first kappa shape index (κ1) is 17.6. The van der Waals surface area contributed by atoms with Crippen LogP contribution in [0.5, 0.6) is 0 Å². The Balaban J connectivity index is 1.41. The van der Waals surface area contributed by atoms with E-state index < -0.39 is 11.6 Å². The van der Waals surface area contributed by atoms with Gasteiger partial charge in [-0.05, 0) is 55.0 Å². The molecular formula is C21H22F2N4O. The average molecular weight is 384 g/mol. The van der Waals surface area contributed by atoms with Crippen LogP contribution in [-0.4, -0.2) is 32.1 Å². The second-order valence-corrected chi connectivity index (χ2v) is 7.98. The molecule has 2 aliphatic rings. The number of hydrogen-bond acceptors (Lipinski definition) is 3. The molecule has 2 aromatic heterocycles. The third kappa shape index (κ3) is 3.13. The summed E-state index contributed by atoms with van der Waals surface area (Å²) in [6.07, 6.45) is 4.94. The van der Waals surface area contributed by atoms with Crippen LogP contribution in [-0.2, 0) is 13.1 Å². The van der Waals surface area contributed by atoms with Crippen molar-refractivity contribution >= 4 is 11.2 Å². The molecule has 2 fully saturated rings. The molecule has 1 atom stereocenters. The molecule has 3 heterocycles. The first-order valence-corrected chi connectivity index (χ1v) is 9.82. The number of halogens is 2. The third-order valence-corrected chi connectivity index (χ3v) is 5.86. The molecular weight excluding hydrogens is 362 g/mol. The summed E-state index contributed by atoms with van der Waals surface area (Å²) in [6.45, 7) is 2.80. The summed E-state index contributed by atoms with van der Waals surface area (Å²) in [5.74, 6) is -1.05. The van der Waals surface area contributed by atoms with Crippen molar-refractivity contribution in [3.05, 3.63) is 64.2 Å². The fourth-order valence-electron chi connectivity index (χ4n) is 4.24. The zero-order chi connectivity index (χ0) is 19.3. The van der Waals surface area contributed by atoms with Gasteiger partial charge in [0.25, 0.3) is 0 Å². The van der Waals surface area contributed by atoms with E-state index in [1.165, 1.54) is 18.9 Å². The summed E-state index contributed by atoms with van der Waals surface area (Å²) in [5.41, 5.74) is 2.40. The van der Waals surface area contributed by atoms with E-state index in [2.05, 4.69) is 9.88 Å². The summed E-state index contributed by atoms with van der Waals surface area (Å²) >= 11 is 0. The number of rotatable bonds is 5. The average Bonchev–Trinajstić information content (AvgIpc) is 3.33. The highest BCUT2D eigenvalue weighted by Crippen LogP contribution is 2.32. The number of aromatic nitrogens is 3. The van der Waals surface area contributed by atoms with E-state index in [0.29, 0.717) is 19.0 Å². The topological polar surface area (TPSA) is 43.1 Å². The van der Waals surface area contributed by atoms with Crippen LogP contribution in [0.3, 0.4) is 0 Å². The van der Waals surface area contributed by atoms with Crippen molar-refractivity contribution in [2.75, 3.05) is 13.1 Å². The number of pyridine rings is 1. The Hall–Kier alpha value is -2.54. The molecule has 1 aromatic carbocycles. The molecule has 0 N–H and O–H groups in total. The largest absolute Gasteiger partial charge is 0.330 e. The number of hydrogen-bond donors (Lipinski definition) is 0. The Morgan fingerprint density at radius 1 is 1.11 bits per heavy atom. The molecule has 5 rings (SSSR count). The smallest absolute Gasteiger partial charge is 0.297 e. The minimum Gasteiger partial charge on any atom is -0.297 e. The Labute approximate surface area is 161 Å². The minimum atomic E-state index is -0.829. The SMILES string of the molecule is O=c1n(CC2CC2)c2cccnc2n1[C@@H]1CCN(Cc2ccc(F)c(F)c2)C1. The molecule has 1 saturated heterocycles. The Kier molecular flexibility index (Phi) is 4.27. The molecule has 1 saturated carbocycles. The van der Waals surface area contributed by atoms with Gasteiger partial charge in [0.05, 0.1) is 11.6 Å². The standard InChI is InChI=1S/C21H22F2N4O/c22-17-6-5-15(10-18(17)23)11-25-9-7-16(13-25)27-20-19(2-1-8-24-20)26(21(27)28)12-14-3-4-14/h1-2,5-6,8,10,14,16H,3-4,7,9,11-13H2/t16-/m1/s1. The van der Waals surface area contributed by atoms with Gasteiger partial charge in [-0.1, -0.05) is 6.07 Å². The highest BCUT2D eigenvalue weighted by Gasteiger charge is 2.30. The van der Waals surface area contributed by atoms with E-state index in [1.54, 1.807) is 12.3 Å². The lowest BCUT2D eigenvalue weighted by atomic mass is 10.2. The Morgan fingerprint density at radius 2 is 1.96 bits per heavy atom. The summed E-state index contributed by atoms with van der Waals surface area (Å²) in [6, 6.07) is 7.91. The van der Waals surface area contributed by atoms with Gasteiger partial charge in [0.1, 0.15) is 0 Å². The van der Waals surface area contributed by atoms with Crippen LogP contribution in [0.4, 0.5) is 8.78 Å². The molecule has 28 heavy (non-hydrogen) atoms. The molecule has 146 valence electrons. The van der Waals surface area contributed by atoms with Gasteiger partial charge in [-0.2, -0.15) is 0 Å². The highest BCUT2D eigenvalue weighted by atomic mass is 19.2. The van der Waals surface area contributed by atoms with Crippen molar-refractivity contribution in [3.8, 4) is 0 Å². The quantitative estimate of drug-likeness (QED) is 0.678. The molecule has 7 heteroatoms. The van der Waals surface area contributed by atoms with Gasteiger partial charge in [0.15, 0.2) is 17.3 Å². The Bertz CT molecular complexity index is 1090. The zero-order valence-electron chi connectivity index (χ0n) is 15.5. The number of likely N-dealkylation sites (tertiary alicyclic amines) is 1. The number of imidazole rings is 1. The van der Waals surface area contributed by atoms with Crippen molar-refractivity contribution in [3.63, 3.8) is 0 Å². The maximum Gasteiger partial charge on any atom is 0.330 e. The number of benzene rings is 1. The molecule has 0 unspecified atom stereocenters. The molecule has 0 amide bonds. The highest BCUT2D eigenvalue weighted by molar-refractivity contribution is 5.71. The van der Waals surface area contributed by atoms with Gasteiger partial charge in [-0.15, -0.1) is 0 Å². The van der Waals surface area contributed by atoms with Crippen LogP contribution < -0.4 is 5.69 Å². The van der Waals surface area contributed by atoms with Crippen LogP contribution in [0.2, 0.25) is 0 Å². The van der Waals surface area contributed by atoms with E-state index in [9.17, 15) is 13.6 Å². The molecule has 1 aliphatic heterocycles. The molecule has 3 aromatic rings. The lowest BCUT2D eigenvalue weighted by Crippen LogP contribution is -2.30. The molecule has 5 nitrogen and oxygen atoms in total. The molecule has 1 aliphatic carbocycles. The van der Waals surface area contributed by atoms with Crippen LogP contribution in [0, 0.1) is 17.6 Å². The van der Waals surface area contributed by atoms with Crippen molar-refractivity contribution < 1.29 is 8.78 Å². The van der Waals surface area contributed by atoms with E-state index in [-0.39, 0.29) is 11.7 Å². The lowest BCUT2D eigenvalue weighted by Gasteiger charge is -2.16. The van der Waals surface area contributed by atoms with Gasteiger partial charge < -0.3 is 0 Å². The fourth-order valence-corrected chi connectivity index (χ4v) is 4.24. The Morgan fingerprint density at radius 3 is 2.75 bits per heavy atom. The van der Waals surface area contributed by atoms with Crippen LogP contribution in [0.25, 0.3) is 11.2 Å². The van der Waals surface area contributed by atoms with Gasteiger partial charge in [-0.25, -0.2) is 18.6 Å². The van der Waals surface area contributed by atoms with E-state index in [0.717, 1.165) is 42.3 Å². The summed E-state index contributed by atoms with van der Waals surface area (Å²) in [5, 5.41) is 0. The first-order chi connectivity index (χ1) is 13.6. The zero-order valence-corrected chi connectivity index (χ0v) is 15.5. The predicted molar refractivity (Wildman–Crippen MR) is 102 cm³/mol. The third-order valence-electron chi connectivity index (χ3n) is 5.86. The van der Waals surface area contributed by atoms with Gasteiger partial charge in [0.2, 0.25) is 0 Å². The summed E-state index contributed by atoms with van der Waals surface area (Å²) in [7, 11) is 0. The normalized spacial score (nSPS) is 20.3. The van der Waals surface area contributed by atoms with Crippen LogP contribution in [0.1, 0.15) is 30.9 Å². The minimum absolute atomic E-state index is 0.0141. The fraction of sp³-hybridized carbons (Fsp3) is 0.429. The van der Waals surface area contributed by atoms with Crippen LogP contribution in [0.15, 0.2) is 41.3 Å². The maximum atomic E-state index is 13.5. The van der Waals surface area contributed by atoms with Crippen molar-refractivity contribution in [2.24, 2.45) is 5.92 Å². The van der Waals surface area contributed by atoms with Gasteiger partial charge in [-0.3, -0.25) is 14.0 Å². The predicted octanol–water partition coefficient (Wildman–Crippen LogP) is 3.33. The second kappa shape index (κ2) is 6.81. The summed E-state index contributed by atoms with van der Waals surface area (Å²) < 4.78 is 30.3. The maximum absolute atomic E-state index is 13.5. The van der Waals surface area contributed by atoms with Crippen molar-refractivity contribution in [2.45, 2.75) is 38.4 Å². The summed E-state index contributed by atoms with van der Waals surface area (Å²) in [4.78, 5) is 19.8. The van der Waals surface area contributed by atoms with E-state index in [1.807, 2.05) is 21.3 Å². The lowest BCUT2D eigenvalue weighted by molar-refractivity contribution is 0.314. The molecule has 0 radical (unpaired) electrons. The van der Waals surface area contributed by atoms with Crippen molar-refractivity contribution in [1.82, 2.24) is 19.0 Å². The number of nitrogens with zero attached hydrogens (tertiary/aromatic N) is 4. The molecule has 0 bridgehead atoms. The second-order valence-electron chi connectivity index (χ2n) is 7.98. The monoisotopic (exact) mass is 384 g/mol. The first-order valence-electron chi connectivity index (χ1n) is 9.82.